The summed E-state index contributed by atoms with van der Waals surface area (Å²) in [7, 11) is -0.660. The number of nitrogens with two attached hydrogens (primary N) is 1. The molecule has 0 bridgehead atoms. The van der Waals surface area contributed by atoms with Crippen LogP contribution in [0.4, 0.5) is 5.69 Å². The lowest BCUT2D eigenvalue weighted by molar-refractivity contribution is 0.0946. The first kappa shape index (κ1) is 26.9. The summed E-state index contributed by atoms with van der Waals surface area (Å²) >= 11 is 0. The largest absolute Gasteiger partial charge is 0.371 e. The molecule has 1 aromatic carbocycles. The summed E-state index contributed by atoms with van der Waals surface area (Å²) < 4.78 is 26.1. The molecule has 162 valence electrons. The van der Waals surface area contributed by atoms with Crippen LogP contribution in [0.1, 0.15) is 43.5 Å². The number of sulfonamides is 1. The number of rotatable bonds is 6. The Balaban J connectivity index is 0.00000364. The van der Waals surface area contributed by atoms with Crippen LogP contribution in [0, 0.1) is 0 Å². The molecule has 0 aromatic heterocycles. The van der Waals surface area contributed by atoms with Crippen LogP contribution in [0.25, 0.3) is 0 Å². The van der Waals surface area contributed by atoms with E-state index < -0.39 is 15.6 Å². The second-order valence-corrected chi connectivity index (χ2v) is 9.84. The maximum absolute atomic E-state index is 12.8. The highest BCUT2D eigenvalue weighted by Gasteiger charge is 2.24. The first-order valence-corrected chi connectivity index (χ1v) is 10.3. The lowest BCUT2D eigenvalue weighted by Crippen LogP contribution is -2.45. The van der Waals surface area contributed by atoms with E-state index >= 15 is 0 Å². The molecular weight excluding hydrogens is 423 g/mol. The molecule has 1 saturated heterocycles. The van der Waals surface area contributed by atoms with Crippen LogP contribution in [-0.2, 0) is 10.0 Å². The van der Waals surface area contributed by atoms with Gasteiger partial charge in [-0.3, -0.25) is 4.79 Å². The molecule has 0 spiro atoms. The van der Waals surface area contributed by atoms with Crippen LogP contribution in [-0.4, -0.2) is 57.9 Å². The van der Waals surface area contributed by atoms with Gasteiger partial charge in [-0.15, -0.1) is 24.8 Å². The Hall–Kier alpha value is -1.06. The summed E-state index contributed by atoms with van der Waals surface area (Å²) in [5.74, 6) is -0.306. The van der Waals surface area contributed by atoms with Gasteiger partial charge in [0.2, 0.25) is 10.0 Å². The Morgan fingerprint density at radius 3 is 2.25 bits per heavy atom. The minimum atomic E-state index is -3.61. The summed E-state index contributed by atoms with van der Waals surface area (Å²) in [6.45, 7) is 5.68. The van der Waals surface area contributed by atoms with Gasteiger partial charge in [0, 0.05) is 45.0 Å². The third-order valence-corrected chi connectivity index (χ3v) is 6.20. The van der Waals surface area contributed by atoms with Crippen molar-refractivity contribution in [3.63, 3.8) is 0 Å². The van der Waals surface area contributed by atoms with Crippen molar-refractivity contribution < 1.29 is 13.2 Å². The van der Waals surface area contributed by atoms with E-state index in [2.05, 4.69) is 10.2 Å². The minimum absolute atomic E-state index is 0. The van der Waals surface area contributed by atoms with Gasteiger partial charge in [-0.2, -0.15) is 0 Å². The number of carbonyl (C=O) groups excluding carboxylic acids is 1. The van der Waals surface area contributed by atoms with Crippen molar-refractivity contribution in [1.82, 2.24) is 9.62 Å². The average molecular weight is 455 g/mol. The SMILES string of the molecule is CN(C)S(=O)(=O)c1ccc(N2CCCCC2)c(C(=O)NCC(C)(C)N)c1.Cl.Cl. The van der Waals surface area contributed by atoms with Crippen LogP contribution in [0.5, 0.6) is 0 Å². The fourth-order valence-electron chi connectivity index (χ4n) is 2.88. The monoisotopic (exact) mass is 454 g/mol. The van der Waals surface area contributed by atoms with E-state index in [-0.39, 0.29) is 35.6 Å². The topological polar surface area (TPSA) is 95.7 Å². The van der Waals surface area contributed by atoms with E-state index in [0.717, 1.165) is 35.9 Å². The number of halogens is 2. The van der Waals surface area contributed by atoms with Crippen LogP contribution in [0.3, 0.4) is 0 Å². The maximum Gasteiger partial charge on any atom is 0.253 e. The number of nitrogens with one attached hydrogen (secondary N) is 1. The van der Waals surface area contributed by atoms with Crippen molar-refractivity contribution in [2.24, 2.45) is 5.73 Å². The highest BCUT2D eigenvalue weighted by molar-refractivity contribution is 7.89. The van der Waals surface area contributed by atoms with Crippen molar-refractivity contribution >= 4 is 46.4 Å². The van der Waals surface area contributed by atoms with Gasteiger partial charge >= 0.3 is 0 Å². The fourth-order valence-corrected chi connectivity index (χ4v) is 3.81. The quantitative estimate of drug-likeness (QED) is 0.686. The van der Waals surface area contributed by atoms with Crippen molar-refractivity contribution in [3.8, 4) is 0 Å². The second kappa shape index (κ2) is 10.6. The van der Waals surface area contributed by atoms with Crippen LogP contribution in [0.15, 0.2) is 23.1 Å². The molecule has 0 radical (unpaired) electrons. The Kier molecular flexibility index (Phi) is 10.2. The average Bonchev–Trinajstić information content (AvgIpc) is 2.59. The van der Waals surface area contributed by atoms with Gasteiger partial charge in [0.1, 0.15) is 0 Å². The van der Waals surface area contributed by atoms with E-state index in [9.17, 15) is 13.2 Å². The standard InChI is InChI=1S/C18H30N4O3S.2ClH/c1-18(2,19)13-20-17(23)15-12-14(26(24,25)21(3)4)8-9-16(15)22-10-6-5-7-11-22;;/h8-9,12H,5-7,10-11,13,19H2,1-4H3,(H,20,23);2*1H. The van der Waals surface area contributed by atoms with Crippen molar-refractivity contribution in [3.05, 3.63) is 23.8 Å². The van der Waals surface area contributed by atoms with Crippen molar-refractivity contribution in [1.29, 1.82) is 0 Å². The number of anilines is 1. The van der Waals surface area contributed by atoms with Gasteiger partial charge in [-0.05, 0) is 51.3 Å². The lowest BCUT2D eigenvalue weighted by Gasteiger charge is -2.31. The van der Waals surface area contributed by atoms with Gasteiger partial charge in [-0.1, -0.05) is 0 Å². The van der Waals surface area contributed by atoms with Crippen LogP contribution in [0.2, 0.25) is 0 Å². The Morgan fingerprint density at radius 2 is 1.75 bits per heavy atom. The molecule has 1 aliphatic rings. The molecule has 1 amide bonds. The second-order valence-electron chi connectivity index (χ2n) is 7.69. The van der Waals surface area contributed by atoms with Gasteiger partial charge < -0.3 is 16.0 Å². The van der Waals surface area contributed by atoms with Crippen molar-refractivity contribution in [2.45, 2.75) is 43.5 Å². The van der Waals surface area contributed by atoms with Gasteiger partial charge in [0.05, 0.1) is 10.5 Å². The van der Waals surface area contributed by atoms with E-state index in [4.69, 9.17) is 5.73 Å². The molecule has 2 rings (SSSR count). The van der Waals surface area contributed by atoms with E-state index in [1.807, 2.05) is 13.8 Å². The number of amides is 1. The van der Waals surface area contributed by atoms with Gasteiger partial charge in [0.15, 0.2) is 0 Å². The summed E-state index contributed by atoms with van der Waals surface area (Å²) in [5.41, 5.74) is 6.55. The normalized spacial score (nSPS) is 14.9. The maximum atomic E-state index is 12.8. The number of nitrogens with zero attached hydrogens (tertiary/aromatic N) is 2. The van der Waals surface area contributed by atoms with Crippen LogP contribution < -0.4 is 16.0 Å². The van der Waals surface area contributed by atoms with Gasteiger partial charge in [-0.25, -0.2) is 12.7 Å². The molecule has 7 nitrogen and oxygen atoms in total. The molecule has 28 heavy (non-hydrogen) atoms. The highest BCUT2D eigenvalue weighted by atomic mass is 35.5. The zero-order chi connectivity index (χ0) is 19.5. The van der Waals surface area contributed by atoms with E-state index in [1.165, 1.54) is 26.6 Å². The number of piperidine rings is 1. The summed E-state index contributed by atoms with van der Waals surface area (Å²) in [6, 6.07) is 4.78. The molecule has 0 atom stereocenters. The first-order valence-electron chi connectivity index (χ1n) is 8.91. The smallest absolute Gasteiger partial charge is 0.253 e. The minimum Gasteiger partial charge on any atom is -0.371 e. The molecule has 0 saturated carbocycles. The fraction of sp³-hybridized carbons (Fsp3) is 0.611. The third kappa shape index (κ3) is 6.77. The van der Waals surface area contributed by atoms with Crippen molar-refractivity contribution in [2.75, 3.05) is 38.6 Å². The molecule has 1 aliphatic heterocycles. The number of hydrogen-bond donors (Lipinski definition) is 2. The van der Waals surface area contributed by atoms with E-state index in [0.29, 0.717) is 12.1 Å². The molecular formula is C18H32Cl2N4O3S. The summed E-state index contributed by atoms with van der Waals surface area (Å²) in [6.07, 6.45) is 3.30. The number of benzene rings is 1. The molecule has 1 heterocycles. The Morgan fingerprint density at radius 1 is 1.18 bits per heavy atom. The zero-order valence-electron chi connectivity index (χ0n) is 16.9. The molecule has 0 unspecified atom stereocenters. The Labute approximate surface area is 180 Å². The number of hydrogen-bond acceptors (Lipinski definition) is 5. The number of carbonyl (C=O) groups is 1. The predicted octanol–water partition coefficient (Wildman–Crippen LogP) is 2.24. The Bertz CT molecular complexity index is 759. The van der Waals surface area contributed by atoms with Gasteiger partial charge in [0.25, 0.3) is 5.91 Å². The predicted molar refractivity (Wildman–Crippen MR) is 118 cm³/mol. The highest BCUT2D eigenvalue weighted by Crippen LogP contribution is 2.28. The molecule has 3 N–H and O–H groups in total. The molecule has 10 heteroatoms. The lowest BCUT2D eigenvalue weighted by atomic mass is 10.1. The third-order valence-electron chi connectivity index (χ3n) is 4.39. The van der Waals surface area contributed by atoms with E-state index in [1.54, 1.807) is 12.1 Å². The molecule has 0 aliphatic carbocycles. The first-order chi connectivity index (χ1) is 12.0. The van der Waals surface area contributed by atoms with Crippen LogP contribution >= 0.6 is 24.8 Å². The zero-order valence-corrected chi connectivity index (χ0v) is 19.3. The molecule has 1 aromatic rings. The summed E-state index contributed by atoms with van der Waals surface area (Å²) in [4.78, 5) is 15.1. The molecule has 1 fully saturated rings. The summed E-state index contributed by atoms with van der Waals surface area (Å²) in [5, 5.41) is 2.83.